The molecule has 1 heterocycles. The minimum atomic E-state index is -3.98. The van der Waals surface area contributed by atoms with Crippen molar-refractivity contribution in [3.63, 3.8) is 0 Å². The highest BCUT2D eigenvalue weighted by Gasteiger charge is 2.32. The maximum atomic E-state index is 13.0. The van der Waals surface area contributed by atoms with Gasteiger partial charge in [0.1, 0.15) is 18.4 Å². The maximum Gasteiger partial charge on any atom is 0.262 e. The summed E-state index contributed by atoms with van der Waals surface area (Å²) in [6, 6.07) is 8.43. The first kappa shape index (κ1) is 23.7. The van der Waals surface area contributed by atoms with Crippen molar-refractivity contribution >= 4 is 27.7 Å². The lowest BCUT2D eigenvalue weighted by molar-refractivity contribution is -0.132. The fourth-order valence-corrected chi connectivity index (χ4v) is 4.96. The summed E-state index contributed by atoms with van der Waals surface area (Å²) in [4.78, 5) is 16.2. The van der Waals surface area contributed by atoms with Crippen molar-refractivity contribution < 1.29 is 23.2 Å². The first-order valence-electron chi connectivity index (χ1n) is 8.91. The number of pyridine rings is 1. The smallest absolute Gasteiger partial charge is 0.262 e. The van der Waals surface area contributed by atoms with E-state index >= 15 is 0 Å². The zero-order valence-electron chi connectivity index (χ0n) is 16.6. The molecule has 1 aromatic carbocycles. The van der Waals surface area contributed by atoms with E-state index in [1.54, 1.807) is 30.9 Å². The second kappa shape index (κ2) is 11.6. The second-order valence-corrected chi connectivity index (χ2v) is 9.10. The molecule has 30 heavy (non-hydrogen) atoms. The van der Waals surface area contributed by atoms with Gasteiger partial charge in [-0.3, -0.25) is 15.0 Å². The Labute approximate surface area is 180 Å². The third-order valence-electron chi connectivity index (χ3n) is 4.11. The van der Waals surface area contributed by atoms with Gasteiger partial charge < -0.3 is 4.74 Å². The molecule has 0 aliphatic carbocycles. The molecular weight excluding hydrogens is 426 g/mol. The highest BCUT2D eigenvalue weighted by atomic mass is 32.2. The highest BCUT2D eigenvalue weighted by molar-refractivity contribution is 7.98. The van der Waals surface area contributed by atoms with E-state index in [0.717, 1.165) is 9.87 Å². The number of thioether (sulfide) groups is 1. The van der Waals surface area contributed by atoms with Crippen LogP contribution in [0.5, 0.6) is 5.75 Å². The summed E-state index contributed by atoms with van der Waals surface area (Å²) in [7, 11) is -2.67. The lowest BCUT2D eigenvalue weighted by atomic mass is 10.3. The molecule has 0 aliphatic heterocycles. The fraction of sp³-hybridized carbons (Fsp3) is 0.300. The molecule has 0 spiro atoms. The molecule has 160 valence electrons. The molecule has 2 aromatic rings. The molecule has 0 saturated carbocycles. The fourth-order valence-electron chi connectivity index (χ4n) is 2.43. The van der Waals surface area contributed by atoms with Gasteiger partial charge in [0.25, 0.3) is 5.91 Å². The number of nitrogens with zero attached hydrogens (tertiary/aromatic N) is 2. The van der Waals surface area contributed by atoms with E-state index in [-0.39, 0.29) is 17.3 Å². The lowest BCUT2D eigenvalue weighted by Gasteiger charge is -2.25. The number of sulfonamides is 1. The molecule has 0 radical (unpaired) electrons. The van der Waals surface area contributed by atoms with Crippen LogP contribution in [0.2, 0.25) is 0 Å². The quantitative estimate of drug-likeness (QED) is 0.324. The summed E-state index contributed by atoms with van der Waals surface area (Å²) in [5, 5.41) is 9.08. The summed E-state index contributed by atoms with van der Waals surface area (Å²) < 4.78 is 32.3. The number of aromatic nitrogens is 1. The van der Waals surface area contributed by atoms with Crippen molar-refractivity contribution in [3.05, 3.63) is 54.4 Å². The van der Waals surface area contributed by atoms with Gasteiger partial charge in [-0.1, -0.05) is 12.0 Å². The van der Waals surface area contributed by atoms with Crippen molar-refractivity contribution in [1.29, 1.82) is 0 Å². The molecule has 1 amide bonds. The van der Waals surface area contributed by atoms with E-state index < -0.39 is 22.0 Å². The van der Waals surface area contributed by atoms with E-state index in [4.69, 9.17) is 9.94 Å². The number of amides is 1. The van der Waals surface area contributed by atoms with Gasteiger partial charge in [0.05, 0.1) is 4.90 Å². The number of ether oxygens (including phenoxy) is 1. The van der Waals surface area contributed by atoms with Crippen molar-refractivity contribution in [2.75, 3.05) is 19.4 Å². The summed E-state index contributed by atoms with van der Waals surface area (Å²) in [5.41, 5.74) is 2.50. The van der Waals surface area contributed by atoms with Crippen molar-refractivity contribution in [1.82, 2.24) is 14.8 Å². The summed E-state index contributed by atoms with van der Waals surface area (Å²) in [6.45, 7) is 1.90. The number of benzene rings is 1. The minimum absolute atomic E-state index is 0.00641. The van der Waals surface area contributed by atoms with Crippen LogP contribution < -0.4 is 10.2 Å². The molecular formula is C20H23N3O5S2. The number of hydrogen-bond donors (Lipinski definition) is 2. The van der Waals surface area contributed by atoms with Gasteiger partial charge in [-0.15, -0.1) is 5.92 Å². The Bertz CT molecular complexity index is 987. The maximum absolute atomic E-state index is 13.0. The molecule has 0 aliphatic rings. The van der Waals surface area contributed by atoms with Gasteiger partial charge in [0.15, 0.2) is 0 Å². The third-order valence-corrected chi connectivity index (χ3v) is 7.08. The largest absolute Gasteiger partial charge is 0.481 e. The van der Waals surface area contributed by atoms with Crippen LogP contribution in [0.4, 0.5) is 0 Å². The molecule has 1 aromatic heterocycles. The van der Waals surface area contributed by atoms with Crippen LogP contribution in [0.1, 0.15) is 12.5 Å². The number of hydroxylamine groups is 1. The van der Waals surface area contributed by atoms with Crippen molar-refractivity contribution in [2.45, 2.75) is 23.6 Å². The summed E-state index contributed by atoms with van der Waals surface area (Å²) >= 11 is 1.36. The van der Waals surface area contributed by atoms with Crippen LogP contribution >= 0.6 is 11.8 Å². The predicted molar refractivity (Wildman–Crippen MR) is 114 cm³/mol. The first-order chi connectivity index (χ1) is 14.4. The van der Waals surface area contributed by atoms with Gasteiger partial charge >= 0.3 is 0 Å². The third kappa shape index (κ3) is 6.47. The average Bonchev–Trinajstić information content (AvgIpc) is 2.77. The Morgan fingerprint density at radius 3 is 2.67 bits per heavy atom. The second-order valence-electron chi connectivity index (χ2n) is 6.08. The molecule has 0 bridgehead atoms. The molecule has 0 unspecified atom stereocenters. The van der Waals surface area contributed by atoms with E-state index in [9.17, 15) is 13.2 Å². The van der Waals surface area contributed by atoms with Crippen LogP contribution in [-0.2, 0) is 20.6 Å². The molecule has 8 nitrogen and oxygen atoms in total. The van der Waals surface area contributed by atoms with Crippen LogP contribution in [0.15, 0.2) is 53.7 Å². The first-order valence-corrected chi connectivity index (χ1v) is 11.5. The Kier molecular flexibility index (Phi) is 9.14. The molecule has 2 rings (SSSR count). The van der Waals surface area contributed by atoms with Crippen LogP contribution in [0, 0.1) is 11.8 Å². The van der Waals surface area contributed by atoms with E-state index in [2.05, 4.69) is 16.8 Å². The Hall–Kier alpha value is -2.58. The molecule has 0 fully saturated rings. The van der Waals surface area contributed by atoms with E-state index in [1.807, 2.05) is 6.07 Å². The van der Waals surface area contributed by atoms with Gasteiger partial charge in [-0.05, 0) is 42.8 Å². The van der Waals surface area contributed by atoms with Crippen LogP contribution in [-0.4, -0.2) is 54.3 Å². The van der Waals surface area contributed by atoms with Crippen molar-refractivity contribution in [2.24, 2.45) is 0 Å². The van der Waals surface area contributed by atoms with Gasteiger partial charge in [0, 0.05) is 30.9 Å². The number of rotatable bonds is 10. The molecule has 10 heteroatoms. The summed E-state index contributed by atoms with van der Waals surface area (Å²) in [6.07, 6.45) is 3.36. The van der Waals surface area contributed by atoms with Gasteiger partial charge in [-0.2, -0.15) is 16.1 Å². The van der Waals surface area contributed by atoms with Gasteiger partial charge in [0.2, 0.25) is 10.0 Å². The number of likely N-dealkylation sites (N-methyl/N-ethyl adjacent to an activating group) is 1. The Morgan fingerprint density at radius 2 is 2.07 bits per heavy atom. The topological polar surface area (TPSA) is 109 Å². The SMILES string of the molecule is CC#CCOc1ccc(S(=O)(=O)N(C)[C@H](CSCc2cccnc2)C(=O)NO)cc1. The summed E-state index contributed by atoms with van der Waals surface area (Å²) in [5.74, 6) is 5.82. The standard InChI is InChI=1S/C20H23N3O5S2/c1-3-4-12-28-17-7-9-18(10-8-17)30(26,27)23(2)19(20(24)22-25)15-29-14-16-6-5-11-21-13-16/h5-11,13,19,25H,12,14-15H2,1-2H3,(H,22,24)/t19-/m1/s1. The predicted octanol–water partition coefficient (Wildman–Crippen LogP) is 1.91. The van der Waals surface area contributed by atoms with Crippen LogP contribution in [0.25, 0.3) is 0 Å². The number of nitrogens with one attached hydrogen (secondary N) is 1. The molecule has 2 N–H and O–H groups in total. The molecule has 0 saturated heterocycles. The number of carbonyl (C=O) groups excluding carboxylic acids is 1. The van der Waals surface area contributed by atoms with E-state index in [0.29, 0.717) is 11.5 Å². The normalized spacial score (nSPS) is 12.0. The zero-order valence-corrected chi connectivity index (χ0v) is 18.2. The minimum Gasteiger partial charge on any atom is -0.481 e. The van der Waals surface area contributed by atoms with E-state index in [1.165, 1.54) is 43.1 Å². The zero-order chi connectivity index (χ0) is 22.0. The number of carbonyl (C=O) groups is 1. The Balaban J connectivity index is 2.11. The van der Waals surface area contributed by atoms with Gasteiger partial charge in [-0.25, -0.2) is 13.9 Å². The van der Waals surface area contributed by atoms with Crippen molar-refractivity contribution in [3.8, 4) is 17.6 Å². The average molecular weight is 450 g/mol. The highest BCUT2D eigenvalue weighted by Crippen LogP contribution is 2.22. The lowest BCUT2D eigenvalue weighted by Crippen LogP contribution is -2.48. The monoisotopic (exact) mass is 449 g/mol. The Morgan fingerprint density at radius 1 is 1.33 bits per heavy atom. The molecule has 1 atom stereocenters. The van der Waals surface area contributed by atoms with Crippen LogP contribution in [0.3, 0.4) is 0 Å². The number of hydrogen-bond acceptors (Lipinski definition) is 7.